The van der Waals surface area contributed by atoms with Crippen molar-refractivity contribution < 1.29 is 19.1 Å². The third-order valence-corrected chi connectivity index (χ3v) is 3.88. The molecule has 7 heteroatoms. The molecule has 0 aliphatic carbocycles. The van der Waals surface area contributed by atoms with Gasteiger partial charge in [-0.3, -0.25) is 14.4 Å². The topological polar surface area (TPSA) is 98.5 Å². The zero-order chi connectivity index (χ0) is 16.8. The Morgan fingerprint density at radius 1 is 1.17 bits per heavy atom. The summed E-state index contributed by atoms with van der Waals surface area (Å²) in [6, 6.07) is 8.13. The summed E-state index contributed by atoms with van der Waals surface area (Å²) >= 11 is 1.21. The molecular weight excluding hydrogens is 316 g/mol. The van der Waals surface area contributed by atoms with Crippen LogP contribution in [0, 0.1) is 0 Å². The molecule has 0 bridgehead atoms. The van der Waals surface area contributed by atoms with E-state index in [1.807, 2.05) is 0 Å². The number of ether oxygens (including phenoxy) is 1. The number of nitrogens with two attached hydrogens (primary N) is 1. The monoisotopic (exact) mass is 332 g/mol. The number of hydrogen-bond acceptors (Lipinski definition) is 5. The minimum atomic E-state index is -0.598. The molecule has 3 N–H and O–H groups in total. The van der Waals surface area contributed by atoms with Crippen molar-refractivity contribution in [1.82, 2.24) is 0 Å². The second kappa shape index (κ2) is 7.55. The second-order valence-electron chi connectivity index (χ2n) is 4.67. The summed E-state index contributed by atoms with van der Waals surface area (Å²) in [5.41, 5.74) is 6.08. The minimum Gasteiger partial charge on any atom is -0.484 e. The Kier molecular flexibility index (Phi) is 5.48. The molecule has 23 heavy (non-hydrogen) atoms. The average molecular weight is 332 g/mol. The number of carbonyl (C=O) groups excluding carboxylic acids is 3. The van der Waals surface area contributed by atoms with Crippen molar-refractivity contribution in [1.29, 1.82) is 0 Å². The third-order valence-electron chi connectivity index (χ3n) is 3.05. The van der Waals surface area contributed by atoms with E-state index >= 15 is 0 Å². The van der Waals surface area contributed by atoms with E-state index in [0.29, 0.717) is 22.7 Å². The number of thiophene rings is 1. The van der Waals surface area contributed by atoms with Gasteiger partial charge in [0.2, 0.25) is 0 Å². The van der Waals surface area contributed by atoms with E-state index in [0.717, 1.165) is 0 Å². The fraction of sp³-hybridized carbons (Fsp3) is 0.188. The Morgan fingerprint density at radius 3 is 2.48 bits per heavy atom. The highest BCUT2D eigenvalue weighted by atomic mass is 32.1. The quantitative estimate of drug-likeness (QED) is 0.761. The van der Waals surface area contributed by atoms with Crippen LogP contribution < -0.4 is 15.8 Å². The van der Waals surface area contributed by atoms with Crippen molar-refractivity contribution >= 4 is 33.9 Å². The van der Waals surface area contributed by atoms with Crippen molar-refractivity contribution in [2.24, 2.45) is 5.73 Å². The number of rotatable bonds is 7. The van der Waals surface area contributed by atoms with Gasteiger partial charge in [-0.2, -0.15) is 0 Å². The summed E-state index contributed by atoms with van der Waals surface area (Å²) in [4.78, 5) is 34.5. The molecule has 0 spiro atoms. The number of primary amides is 1. The van der Waals surface area contributed by atoms with Gasteiger partial charge in [0.05, 0.1) is 5.56 Å². The van der Waals surface area contributed by atoms with Crippen LogP contribution in [0.3, 0.4) is 0 Å². The van der Waals surface area contributed by atoms with Crippen LogP contribution in [0.2, 0.25) is 0 Å². The van der Waals surface area contributed by atoms with E-state index < -0.39 is 11.8 Å². The second-order valence-corrected chi connectivity index (χ2v) is 5.58. The smallest absolute Gasteiger partial charge is 0.262 e. The van der Waals surface area contributed by atoms with Crippen molar-refractivity contribution in [3.8, 4) is 5.75 Å². The van der Waals surface area contributed by atoms with Crippen molar-refractivity contribution in [2.75, 3.05) is 11.9 Å². The number of amides is 2. The summed E-state index contributed by atoms with van der Waals surface area (Å²) in [7, 11) is 0. The van der Waals surface area contributed by atoms with E-state index in [2.05, 4.69) is 5.32 Å². The van der Waals surface area contributed by atoms with Crippen LogP contribution in [0.1, 0.15) is 34.1 Å². The Morgan fingerprint density at radius 2 is 1.87 bits per heavy atom. The first-order valence-electron chi connectivity index (χ1n) is 6.94. The molecule has 0 fully saturated rings. The number of Topliss-reactive ketones (excluding diaryl/α,β-unsaturated/α-hetero) is 1. The highest BCUT2D eigenvalue weighted by Crippen LogP contribution is 2.22. The molecule has 2 amide bonds. The minimum absolute atomic E-state index is 0.0472. The molecule has 0 saturated carbocycles. The van der Waals surface area contributed by atoms with Gasteiger partial charge in [-0.25, -0.2) is 0 Å². The molecule has 0 atom stereocenters. The Hall–Kier alpha value is -2.67. The number of ketones is 1. The normalized spacial score (nSPS) is 10.1. The zero-order valence-corrected chi connectivity index (χ0v) is 13.3. The number of anilines is 1. The van der Waals surface area contributed by atoms with Crippen LogP contribution in [0.5, 0.6) is 5.75 Å². The lowest BCUT2D eigenvalue weighted by Gasteiger charge is -2.07. The highest BCUT2D eigenvalue weighted by molar-refractivity contribution is 7.14. The molecule has 120 valence electrons. The Bertz CT molecular complexity index is 722. The third kappa shape index (κ3) is 4.40. The molecule has 0 aliphatic heterocycles. The van der Waals surface area contributed by atoms with Crippen LogP contribution in [0.15, 0.2) is 35.7 Å². The van der Waals surface area contributed by atoms with Gasteiger partial charge in [0.1, 0.15) is 10.8 Å². The number of carbonyl (C=O) groups is 3. The average Bonchev–Trinajstić information content (AvgIpc) is 3.01. The first kappa shape index (κ1) is 16.7. The molecule has 0 radical (unpaired) electrons. The molecule has 0 saturated heterocycles. The van der Waals surface area contributed by atoms with Crippen molar-refractivity contribution in [3.63, 3.8) is 0 Å². The predicted molar refractivity (Wildman–Crippen MR) is 88.0 cm³/mol. The largest absolute Gasteiger partial charge is 0.484 e. The summed E-state index contributed by atoms with van der Waals surface area (Å²) in [6.45, 7) is 1.58. The van der Waals surface area contributed by atoms with E-state index in [1.165, 1.54) is 11.3 Å². The summed E-state index contributed by atoms with van der Waals surface area (Å²) in [5, 5.41) is 4.65. The molecule has 1 aromatic heterocycles. The summed E-state index contributed by atoms with van der Waals surface area (Å²) < 4.78 is 5.35. The number of hydrogen-bond donors (Lipinski definition) is 2. The van der Waals surface area contributed by atoms with Crippen LogP contribution in [-0.2, 0) is 4.79 Å². The van der Waals surface area contributed by atoms with Crippen LogP contribution in [0.4, 0.5) is 5.00 Å². The Balaban J connectivity index is 1.90. The summed E-state index contributed by atoms with van der Waals surface area (Å²) in [6.07, 6.45) is 0.436. The van der Waals surface area contributed by atoms with E-state index in [-0.39, 0.29) is 18.0 Å². The Labute approximate surface area is 137 Å². The number of benzene rings is 1. The summed E-state index contributed by atoms with van der Waals surface area (Å²) in [5.74, 6) is -0.470. The molecule has 6 nitrogen and oxygen atoms in total. The molecule has 1 heterocycles. The molecular formula is C16H16N2O4S. The molecule has 1 aromatic carbocycles. The standard InChI is InChI=1S/C16H16N2O4S/c1-2-13(19)10-3-5-11(6-4-10)22-9-14(20)18-16-12(15(17)21)7-8-23-16/h3-8H,2,9H2,1H3,(H2,17,21)(H,18,20). The first-order valence-corrected chi connectivity index (χ1v) is 7.82. The van der Waals surface area contributed by atoms with Crippen LogP contribution in [-0.4, -0.2) is 24.2 Å². The lowest BCUT2D eigenvalue weighted by Crippen LogP contribution is -2.21. The SMILES string of the molecule is CCC(=O)c1ccc(OCC(=O)Nc2sccc2C(N)=O)cc1. The first-order chi connectivity index (χ1) is 11.0. The zero-order valence-electron chi connectivity index (χ0n) is 12.5. The van der Waals surface area contributed by atoms with Gasteiger partial charge in [-0.1, -0.05) is 6.92 Å². The maximum Gasteiger partial charge on any atom is 0.262 e. The molecule has 2 aromatic rings. The number of nitrogens with one attached hydrogen (secondary N) is 1. The van der Waals surface area contributed by atoms with Crippen molar-refractivity contribution in [3.05, 3.63) is 46.8 Å². The molecule has 2 rings (SSSR count). The lowest BCUT2D eigenvalue weighted by atomic mass is 10.1. The lowest BCUT2D eigenvalue weighted by molar-refractivity contribution is -0.118. The van der Waals surface area contributed by atoms with E-state index in [1.54, 1.807) is 42.6 Å². The predicted octanol–water partition coefficient (Wildman–Crippen LogP) is 2.46. The maximum atomic E-state index is 11.8. The van der Waals surface area contributed by atoms with Gasteiger partial charge < -0.3 is 15.8 Å². The van der Waals surface area contributed by atoms with Crippen LogP contribution in [0.25, 0.3) is 0 Å². The van der Waals surface area contributed by atoms with Gasteiger partial charge in [-0.05, 0) is 35.7 Å². The molecule has 0 unspecified atom stereocenters. The van der Waals surface area contributed by atoms with E-state index in [9.17, 15) is 14.4 Å². The van der Waals surface area contributed by atoms with E-state index in [4.69, 9.17) is 10.5 Å². The van der Waals surface area contributed by atoms with Gasteiger partial charge >= 0.3 is 0 Å². The molecule has 0 aliphatic rings. The highest BCUT2D eigenvalue weighted by Gasteiger charge is 2.13. The van der Waals surface area contributed by atoms with Gasteiger partial charge in [-0.15, -0.1) is 11.3 Å². The maximum absolute atomic E-state index is 11.8. The van der Waals surface area contributed by atoms with Gasteiger partial charge in [0, 0.05) is 12.0 Å². The fourth-order valence-corrected chi connectivity index (χ4v) is 2.66. The van der Waals surface area contributed by atoms with Crippen molar-refractivity contribution in [2.45, 2.75) is 13.3 Å². The van der Waals surface area contributed by atoms with Gasteiger partial charge in [0.15, 0.2) is 12.4 Å². The van der Waals surface area contributed by atoms with Gasteiger partial charge in [0.25, 0.3) is 11.8 Å². The fourth-order valence-electron chi connectivity index (χ4n) is 1.85. The van der Waals surface area contributed by atoms with Crippen LogP contribution >= 0.6 is 11.3 Å².